The van der Waals surface area contributed by atoms with E-state index >= 15 is 0 Å². The Morgan fingerprint density at radius 1 is 1.69 bits per heavy atom. The lowest BCUT2D eigenvalue weighted by atomic mass is 10.1. The van der Waals surface area contributed by atoms with Crippen LogP contribution >= 0.6 is 0 Å². The minimum Gasteiger partial charge on any atom is -0.409 e. The molecule has 0 bridgehead atoms. The number of nitrogens with two attached hydrogens (primary N) is 1. The fourth-order valence-electron chi connectivity index (χ4n) is 2.14. The van der Waals surface area contributed by atoms with Gasteiger partial charge in [-0.3, -0.25) is 4.90 Å². The number of likely N-dealkylation sites (N-methyl/N-ethyl adjacent to an activating group) is 1. The molecule has 0 radical (unpaired) electrons. The van der Waals surface area contributed by atoms with Gasteiger partial charge in [0.15, 0.2) is 0 Å². The van der Waals surface area contributed by atoms with Crippen LogP contribution in [0.2, 0.25) is 0 Å². The van der Waals surface area contributed by atoms with Gasteiger partial charge < -0.3 is 15.7 Å². The first kappa shape index (κ1) is 13.3. The maximum Gasteiger partial charge on any atom is 0.140 e. The van der Waals surface area contributed by atoms with Crippen molar-refractivity contribution in [1.29, 1.82) is 0 Å². The highest BCUT2D eigenvalue weighted by molar-refractivity contribution is 5.80. The van der Waals surface area contributed by atoms with Gasteiger partial charge in [0.25, 0.3) is 0 Å². The van der Waals surface area contributed by atoms with Gasteiger partial charge in [0.2, 0.25) is 0 Å². The number of hydrogen-bond donors (Lipinski definition) is 2. The van der Waals surface area contributed by atoms with Gasteiger partial charge in [-0.05, 0) is 26.3 Å². The normalized spacial score (nSPS) is 23.9. The second-order valence-corrected chi connectivity index (χ2v) is 4.37. The average molecular weight is 229 g/mol. The quantitative estimate of drug-likeness (QED) is 0.309. The summed E-state index contributed by atoms with van der Waals surface area (Å²) < 4.78 is 5.61. The van der Waals surface area contributed by atoms with E-state index in [4.69, 9.17) is 15.7 Å². The molecule has 0 aromatic rings. The van der Waals surface area contributed by atoms with Gasteiger partial charge in [0.1, 0.15) is 5.84 Å². The molecule has 0 aliphatic carbocycles. The Labute approximate surface area is 97.2 Å². The molecule has 2 unspecified atom stereocenters. The first-order valence-corrected chi connectivity index (χ1v) is 5.99. The van der Waals surface area contributed by atoms with Crippen LogP contribution in [0.1, 0.15) is 33.1 Å². The summed E-state index contributed by atoms with van der Waals surface area (Å²) in [6.45, 7) is 7.00. The molecule has 1 fully saturated rings. The zero-order valence-corrected chi connectivity index (χ0v) is 10.2. The van der Waals surface area contributed by atoms with Crippen molar-refractivity contribution in [2.75, 3.05) is 19.7 Å². The summed E-state index contributed by atoms with van der Waals surface area (Å²) in [5.74, 6) is 0.290. The van der Waals surface area contributed by atoms with Gasteiger partial charge in [-0.1, -0.05) is 12.1 Å². The highest BCUT2D eigenvalue weighted by Crippen LogP contribution is 2.15. The molecular formula is C11H23N3O2. The van der Waals surface area contributed by atoms with Crippen LogP contribution in [-0.2, 0) is 4.74 Å². The van der Waals surface area contributed by atoms with Gasteiger partial charge in [-0.2, -0.15) is 0 Å². The summed E-state index contributed by atoms with van der Waals surface area (Å²) in [6.07, 6.45) is 3.26. The number of hydrogen-bond acceptors (Lipinski definition) is 4. The Hall–Kier alpha value is -0.810. The maximum absolute atomic E-state index is 8.54. The van der Waals surface area contributed by atoms with Crippen LogP contribution in [0.25, 0.3) is 0 Å². The van der Waals surface area contributed by atoms with Crippen LogP contribution in [0.3, 0.4) is 0 Å². The minimum absolute atomic E-state index is 0.282. The molecule has 1 heterocycles. The van der Waals surface area contributed by atoms with Crippen molar-refractivity contribution in [3.05, 3.63) is 0 Å². The zero-order valence-electron chi connectivity index (χ0n) is 10.2. The molecule has 94 valence electrons. The topological polar surface area (TPSA) is 71.1 Å². The second kappa shape index (κ2) is 6.70. The van der Waals surface area contributed by atoms with Gasteiger partial charge >= 0.3 is 0 Å². The van der Waals surface area contributed by atoms with Crippen LogP contribution in [-0.4, -0.2) is 47.8 Å². The molecule has 1 saturated heterocycles. The molecule has 16 heavy (non-hydrogen) atoms. The van der Waals surface area contributed by atoms with Gasteiger partial charge in [-0.25, -0.2) is 0 Å². The highest BCUT2D eigenvalue weighted by Gasteiger charge is 2.21. The molecular weight excluding hydrogens is 206 g/mol. The van der Waals surface area contributed by atoms with Crippen molar-refractivity contribution in [3.8, 4) is 0 Å². The molecule has 5 heteroatoms. The molecule has 0 aromatic carbocycles. The van der Waals surface area contributed by atoms with E-state index in [1.54, 1.807) is 0 Å². The average Bonchev–Trinajstić information content (AvgIpc) is 2.78. The number of ether oxygens (including phenoxy) is 1. The second-order valence-electron chi connectivity index (χ2n) is 4.37. The van der Waals surface area contributed by atoms with E-state index in [9.17, 15) is 0 Å². The van der Waals surface area contributed by atoms with Crippen molar-refractivity contribution >= 4 is 5.84 Å². The first-order chi connectivity index (χ1) is 7.67. The summed E-state index contributed by atoms with van der Waals surface area (Å²) in [4.78, 5) is 2.31. The number of nitrogens with zero attached hydrogens (tertiary/aromatic N) is 2. The molecule has 3 N–H and O–H groups in total. The van der Waals surface area contributed by atoms with Gasteiger partial charge in [0, 0.05) is 25.6 Å². The fourth-order valence-corrected chi connectivity index (χ4v) is 2.14. The lowest BCUT2D eigenvalue weighted by Crippen LogP contribution is -2.40. The largest absolute Gasteiger partial charge is 0.409 e. The smallest absolute Gasteiger partial charge is 0.140 e. The SMILES string of the molecule is CCN(CC1CCCO1)C(C)C/C(N)=N/O. The van der Waals surface area contributed by atoms with Crippen LogP contribution in [0.15, 0.2) is 5.16 Å². The Balaban J connectivity index is 2.39. The summed E-state index contributed by atoms with van der Waals surface area (Å²) in [5, 5.41) is 11.6. The van der Waals surface area contributed by atoms with Crippen molar-refractivity contribution in [3.63, 3.8) is 0 Å². The van der Waals surface area contributed by atoms with Gasteiger partial charge in [0.05, 0.1) is 6.10 Å². The summed E-state index contributed by atoms with van der Waals surface area (Å²) in [6, 6.07) is 0.282. The molecule has 0 spiro atoms. The van der Waals surface area contributed by atoms with Crippen molar-refractivity contribution < 1.29 is 9.94 Å². The molecule has 1 aliphatic rings. The molecule has 5 nitrogen and oxygen atoms in total. The maximum atomic E-state index is 8.54. The van der Waals surface area contributed by atoms with Crippen LogP contribution in [0.4, 0.5) is 0 Å². The third-order valence-corrected chi connectivity index (χ3v) is 3.12. The van der Waals surface area contributed by atoms with E-state index in [-0.39, 0.29) is 6.04 Å². The minimum atomic E-state index is 0.282. The van der Waals surface area contributed by atoms with Crippen LogP contribution in [0.5, 0.6) is 0 Å². The van der Waals surface area contributed by atoms with E-state index in [0.29, 0.717) is 18.4 Å². The van der Waals surface area contributed by atoms with E-state index in [0.717, 1.165) is 32.5 Å². The third kappa shape index (κ3) is 3.98. The molecule has 0 amide bonds. The zero-order chi connectivity index (χ0) is 12.0. The summed E-state index contributed by atoms with van der Waals surface area (Å²) in [5.41, 5.74) is 5.52. The van der Waals surface area contributed by atoms with Gasteiger partial charge in [-0.15, -0.1) is 0 Å². The molecule has 0 aromatic heterocycles. The molecule has 1 aliphatic heterocycles. The summed E-state index contributed by atoms with van der Waals surface area (Å²) >= 11 is 0. The van der Waals surface area contributed by atoms with Crippen molar-refractivity contribution in [2.24, 2.45) is 10.9 Å². The Bertz CT molecular complexity index is 227. The van der Waals surface area contributed by atoms with Crippen molar-refractivity contribution in [2.45, 2.75) is 45.3 Å². The predicted molar refractivity (Wildman–Crippen MR) is 63.7 cm³/mol. The third-order valence-electron chi connectivity index (χ3n) is 3.12. The fraction of sp³-hybridized carbons (Fsp3) is 0.909. The monoisotopic (exact) mass is 229 g/mol. The molecule has 2 atom stereocenters. The van der Waals surface area contributed by atoms with Crippen LogP contribution in [0, 0.1) is 0 Å². The molecule has 1 rings (SSSR count). The van der Waals surface area contributed by atoms with E-state index in [1.165, 1.54) is 0 Å². The van der Waals surface area contributed by atoms with E-state index < -0.39 is 0 Å². The lowest BCUT2D eigenvalue weighted by molar-refractivity contribution is 0.0629. The van der Waals surface area contributed by atoms with Crippen molar-refractivity contribution in [1.82, 2.24) is 4.90 Å². The first-order valence-electron chi connectivity index (χ1n) is 5.99. The Kier molecular flexibility index (Phi) is 5.55. The predicted octanol–water partition coefficient (Wildman–Crippen LogP) is 1.01. The lowest BCUT2D eigenvalue weighted by Gasteiger charge is -2.29. The number of amidine groups is 1. The Morgan fingerprint density at radius 3 is 2.94 bits per heavy atom. The molecule has 0 saturated carbocycles. The number of oxime groups is 1. The standard InChI is InChI=1S/C11H23N3O2/c1-3-14(8-10-5-4-6-16-10)9(2)7-11(12)13-15/h9-10,15H,3-8H2,1-2H3,(H2,12,13). The van der Waals surface area contributed by atoms with E-state index in [1.807, 2.05) is 0 Å². The Morgan fingerprint density at radius 2 is 2.44 bits per heavy atom. The number of rotatable bonds is 6. The summed E-state index contributed by atoms with van der Waals surface area (Å²) in [7, 11) is 0. The van der Waals surface area contributed by atoms with E-state index in [2.05, 4.69) is 23.9 Å². The van der Waals surface area contributed by atoms with Crippen LogP contribution < -0.4 is 5.73 Å². The highest BCUT2D eigenvalue weighted by atomic mass is 16.5.